The Kier molecular flexibility index (Phi) is 5.49. The molecular formula is C14H21N3O3. The van der Waals surface area contributed by atoms with Gasteiger partial charge in [-0.2, -0.15) is 0 Å². The van der Waals surface area contributed by atoms with E-state index in [1.807, 2.05) is 6.92 Å². The zero-order chi connectivity index (χ0) is 15.3. The van der Waals surface area contributed by atoms with Crippen LogP contribution in [-0.4, -0.2) is 23.9 Å². The first-order valence-corrected chi connectivity index (χ1v) is 6.67. The Morgan fingerprint density at radius 2 is 2.05 bits per heavy atom. The highest BCUT2D eigenvalue weighted by Gasteiger charge is 2.19. The Labute approximate surface area is 118 Å². The number of carbonyl (C=O) groups excluding carboxylic acids is 1. The fraction of sp³-hybridized carbons (Fsp3) is 0.500. The SMILES string of the molecule is CCC(C)C(C)NC(=O)c1ccc(NC)c([N+](=O)[O-])c1. The monoisotopic (exact) mass is 279 g/mol. The van der Waals surface area contributed by atoms with Gasteiger partial charge in [0, 0.05) is 24.7 Å². The van der Waals surface area contributed by atoms with Crippen LogP contribution in [0.3, 0.4) is 0 Å². The average Bonchev–Trinajstić information content (AvgIpc) is 2.45. The van der Waals surface area contributed by atoms with E-state index in [1.165, 1.54) is 6.07 Å². The molecule has 0 saturated carbocycles. The number of benzene rings is 1. The normalized spacial score (nSPS) is 13.4. The number of rotatable bonds is 6. The zero-order valence-corrected chi connectivity index (χ0v) is 12.3. The topological polar surface area (TPSA) is 84.3 Å². The molecule has 6 nitrogen and oxygen atoms in total. The molecule has 2 unspecified atom stereocenters. The van der Waals surface area contributed by atoms with Crippen LogP contribution in [0.1, 0.15) is 37.6 Å². The summed E-state index contributed by atoms with van der Waals surface area (Å²) in [4.78, 5) is 22.6. The second-order valence-corrected chi connectivity index (χ2v) is 4.89. The van der Waals surface area contributed by atoms with Crippen molar-refractivity contribution in [1.29, 1.82) is 0 Å². The number of nitro groups is 1. The Bertz CT molecular complexity index is 502. The first kappa shape index (κ1) is 15.9. The summed E-state index contributed by atoms with van der Waals surface area (Å²) >= 11 is 0. The quantitative estimate of drug-likeness (QED) is 0.619. The van der Waals surface area contributed by atoms with Gasteiger partial charge in [0.2, 0.25) is 0 Å². The number of nitro benzene ring substituents is 1. The van der Waals surface area contributed by atoms with Gasteiger partial charge in [0.05, 0.1) is 4.92 Å². The van der Waals surface area contributed by atoms with Crippen LogP contribution in [0.15, 0.2) is 18.2 Å². The molecule has 0 spiro atoms. The van der Waals surface area contributed by atoms with Gasteiger partial charge in [-0.25, -0.2) is 0 Å². The molecule has 6 heteroatoms. The highest BCUT2D eigenvalue weighted by atomic mass is 16.6. The predicted octanol–water partition coefficient (Wildman–Crippen LogP) is 2.80. The van der Waals surface area contributed by atoms with Crippen molar-refractivity contribution < 1.29 is 9.72 Å². The molecule has 0 aliphatic heterocycles. The van der Waals surface area contributed by atoms with Crippen LogP contribution < -0.4 is 10.6 Å². The van der Waals surface area contributed by atoms with Crippen molar-refractivity contribution in [3.8, 4) is 0 Å². The van der Waals surface area contributed by atoms with Gasteiger partial charge < -0.3 is 10.6 Å². The van der Waals surface area contributed by atoms with E-state index in [0.717, 1.165) is 6.42 Å². The van der Waals surface area contributed by atoms with Crippen molar-refractivity contribution in [2.45, 2.75) is 33.2 Å². The summed E-state index contributed by atoms with van der Waals surface area (Å²) < 4.78 is 0. The van der Waals surface area contributed by atoms with Crippen LogP contribution in [0.25, 0.3) is 0 Å². The molecule has 110 valence electrons. The van der Waals surface area contributed by atoms with Crippen molar-refractivity contribution in [2.75, 3.05) is 12.4 Å². The van der Waals surface area contributed by atoms with Gasteiger partial charge in [0.1, 0.15) is 5.69 Å². The fourth-order valence-electron chi connectivity index (χ4n) is 1.82. The maximum absolute atomic E-state index is 12.1. The number of carbonyl (C=O) groups is 1. The van der Waals surface area contributed by atoms with Crippen molar-refractivity contribution >= 4 is 17.3 Å². The van der Waals surface area contributed by atoms with Crippen LogP contribution >= 0.6 is 0 Å². The molecule has 2 N–H and O–H groups in total. The third kappa shape index (κ3) is 3.69. The van der Waals surface area contributed by atoms with Gasteiger partial charge in [-0.1, -0.05) is 20.3 Å². The van der Waals surface area contributed by atoms with Gasteiger partial charge in [0.15, 0.2) is 0 Å². The Morgan fingerprint density at radius 1 is 1.40 bits per heavy atom. The standard InChI is InChI=1S/C14H21N3O3/c1-5-9(2)10(3)16-14(18)11-6-7-12(15-4)13(8-11)17(19)20/h6-10,15H,5H2,1-4H3,(H,16,18). The molecule has 0 heterocycles. The van der Waals surface area contributed by atoms with Crippen molar-refractivity contribution in [1.82, 2.24) is 5.32 Å². The van der Waals surface area contributed by atoms with Gasteiger partial charge in [0.25, 0.3) is 11.6 Å². The molecule has 2 atom stereocenters. The van der Waals surface area contributed by atoms with Gasteiger partial charge in [-0.05, 0) is 25.0 Å². The first-order chi connectivity index (χ1) is 9.40. The summed E-state index contributed by atoms with van der Waals surface area (Å²) in [6.07, 6.45) is 0.959. The molecule has 0 radical (unpaired) electrons. The maximum atomic E-state index is 12.1. The Balaban J connectivity index is 2.94. The summed E-state index contributed by atoms with van der Waals surface area (Å²) in [5.74, 6) is 0.0640. The average molecular weight is 279 g/mol. The lowest BCUT2D eigenvalue weighted by Gasteiger charge is -2.19. The first-order valence-electron chi connectivity index (χ1n) is 6.67. The van der Waals surface area contributed by atoms with E-state index in [-0.39, 0.29) is 17.6 Å². The molecule has 1 amide bonds. The van der Waals surface area contributed by atoms with E-state index in [9.17, 15) is 14.9 Å². The second kappa shape index (κ2) is 6.88. The van der Waals surface area contributed by atoms with Crippen LogP contribution in [0.2, 0.25) is 0 Å². The minimum atomic E-state index is -0.499. The van der Waals surface area contributed by atoms with E-state index in [1.54, 1.807) is 19.2 Å². The minimum absolute atomic E-state index is 0.0236. The van der Waals surface area contributed by atoms with E-state index in [4.69, 9.17) is 0 Å². The van der Waals surface area contributed by atoms with Crippen molar-refractivity contribution in [2.24, 2.45) is 5.92 Å². The largest absolute Gasteiger partial charge is 0.383 e. The summed E-state index contributed by atoms with van der Waals surface area (Å²) in [6.45, 7) is 6.04. The van der Waals surface area contributed by atoms with Crippen molar-refractivity contribution in [3.63, 3.8) is 0 Å². The lowest BCUT2D eigenvalue weighted by molar-refractivity contribution is -0.384. The summed E-state index contributed by atoms with van der Waals surface area (Å²) in [5, 5.41) is 16.6. The number of hydrogen-bond donors (Lipinski definition) is 2. The predicted molar refractivity (Wildman–Crippen MR) is 79.0 cm³/mol. The lowest BCUT2D eigenvalue weighted by atomic mass is 10.0. The molecule has 0 aliphatic carbocycles. The van der Waals surface area contributed by atoms with Crippen LogP contribution in [0, 0.1) is 16.0 Å². The van der Waals surface area contributed by atoms with Crippen molar-refractivity contribution in [3.05, 3.63) is 33.9 Å². The number of nitrogens with zero attached hydrogens (tertiary/aromatic N) is 1. The van der Waals surface area contributed by atoms with Gasteiger partial charge >= 0.3 is 0 Å². The van der Waals surface area contributed by atoms with E-state index in [0.29, 0.717) is 17.2 Å². The molecule has 0 fully saturated rings. The number of amides is 1. The minimum Gasteiger partial charge on any atom is -0.383 e. The Morgan fingerprint density at radius 3 is 2.55 bits per heavy atom. The molecule has 1 aromatic rings. The van der Waals surface area contributed by atoms with E-state index in [2.05, 4.69) is 24.5 Å². The molecule has 20 heavy (non-hydrogen) atoms. The summed E-state index contributed by atoms with van der Waals surface area (Å²) in [6, 6.07) is 4.44. The van der Waals surface area contributed by atoms with E-state index < -0.39 is 4.92 Å². The molecular weight excluding hydrogens is 258 g/mol. The highest BCUT2D eigenvalue weighted by molar-refractivity contribution is 5.95. The molecule has 1 rings (SSSR count). The molecule has 0 aliphatic rings. The van der Waals surface area contributed by atoms with Crippen LogP contribution in [0.5, 0.6) is 0 Å². The number of hydrogen-bond acceptors (Lipinski definition) is 4. The summed E-state index contributed by atoms with van der Waals surface area (Å²) in [7, 11) is 1.60. The third-order valence-electron chi connectivity index (χ3n) is 3.58. The third-order valence-corrected chi connectivity index (χ3v) is 3.58. The fourth-order valence-corrected chi connectivity index (χ4v) is 1.82. The molecule has 0 bridgehead atoms. The highest BCUT2D eigenvalue weighted by Crippen LogP contribution is 2.25. The second-order valence-electron chi connectivity index (χ2n) is 4.89. The zero-order valence-electron chi connectivity index (χ0n) is 12.3. The smallest absolute Gasteiger partial charge is 0.293 e. The number of anilines is 1. The number of nitrogens with one attached hydrogen (secondary N) is 2. The lowest BCUT2D eigenvalue weighted by Crippen LogP contribution is -2.36. The van der Waals surface area contributed by atoms with Gasteiger partial charge in [-0.3, -0.25) is 14.9 Å². The maximum Gasteiger partial charge on any atom is 0.293 e. The molecule has 0 aromatic heterocycles. The van der Waals surface area contributed by atoms with Gasteiger partial charge in [-0.15, -0.1) is 0 Å². The van der Waals surface area contributed by atoms with Crippen LogP contribution in [0.4, 0.5) is 11.4 Å². The Hall–Kier alpha value is -2.11. The van der Waals surface area contributed by atoms with Crippen LogP contribution in [-0.2, 0) is 0 Å². The molecule has 1 aromatic carbocycles. The summed E-state index contributed by atoms with van der Waals surface area (Å²) in [5.41, 5.74) is 0.587. The molecule has 0 saturated heterocycles. The van der Waals surface area contributed by atoms with E-state index >= 15 is 0 Å².